The zero-order chi connectivity index (χ0) is 30.9. The van der Waals surface area contributed by atoms with Gasteiger partial charge in [0.2, 0.25) is 0 Å². The number of alkyl halides is 6. The molecule has 5 rings (SSSR count). The maximum atomic E-state index is 14.5. The van der Waals surface area contributed by atoms with E-state index < -0.39 is 47.2 Å². The molecule has 3 unspecified atom stereocenters. The zero-order valence-electron chi connectivity index (χ0n) is 23.6. The third kappa shape index (κ3) is 7.10. The van der Waals surface area contributed by atoms with Crippen molar-refractivity contribution in [3.05, 3.63) is 87.5 Å². The molecule has 0 spiro atoms. The highest BCUT2D eigenvalue weighted by molar-refractivity contribution is 5.62. The molecule has 3 aliphatic heterocycles. The molecule has 3 atom stereocenters. The first-order valence-electron chi connectivity index (χ1n) is 13.8. The topological polar surface area (TPSA) is 76.5 Å². The van der Waals surface area contributed by atoms with E-state index in [4.69, 9.17) is 9.47 Å². The molecule has 43 heavy (non-hydrogen) atoms. The molecule has 14 heteroatoms. The van der Waals surface area contributed by atoms with Crippen LogP contribution in [-0.4, -0.2) is 70.8 Å². The summed E-state index contributed by atoms with van der Waals surface area (Å²) in [7, 11) is 3.74. The van der Waals surface area contributed by atoms with Gasteiger partial charge in [0.1, 0.15) is 11.7 Å². The number of hydroxylamine groups is 2. The van der Waals surface area contributed by atoms with Crippen molar-refractivity contribution < 1.29 is 40.9 Å². The van der Waals surface area contributed by atoms with Crippen molar-refractivity contribution in [2.45, 2.75) is 31.0 Å². The molecule has 2 aromatic rings. The van der Waals surface area contributed by atoms with Gasteiger partial charge in [-0.3, -0.25) is 10.2 Å². The van der Waals surface area contributed by atoms with Gasteiger partial charge in [-0.15, -0.1) is 0 Å². The van der Waals surface area contributed by atoms with Crippen molar-refractivity contribution in [2.24, 2.45) is 0 Å². The molecule has 3 N–H and O–H groups in total. The molecule has 234 valence electrons. The maximum Gasteiger partial charge on any atom is 0.416 e. The molecule has 3 heterocycles. The van der Waals surface area contributed by atoms with Crippen LogP contribution in [0.4, 0.5) is 32.0 Å². The Morgan fingerprint density at radius 1 is 0.977 bits per heavy atom. The molecule has 0 bridgehead atoms. The van der Waals surface area contributed by atoms with E-state index >= 15 is 0 Å². The lowest BCUT2D eigenvalue weighted by atomic mass is 9.93. The average Bonchev–Trinajstić information content (AvgIpc) is 2.97. The summed E-state index contributed by atoms with van der Waals surface area (Å²) in [5.41, 5.74) is -0.974. The van der Waals surface area contributed by atoms with Crippen LogP contribution >= 0.6 is 0 Å². The fraction of sp³-hybridized carbons (Fsp3) is 0.448. The number of hydrogen-bond acceptors (Lipinski definition) is 7. The average molecular weight is 614 g/mol. The number of morpholine rings is 1. The SMILES string of the molecule is CN(C)c1ccc(/C2=C/C(N3CCOCC3)OC3=C(CNCN3)C(Cc3cc(C(F)(F)F)cc(C(F)(F)F)c3)[NH+]2[O-])cc1. The summed E-state index contributed by atoms with van der Waals surface area (Å²) in [6.45, 7) is 2.48. The van der Waals surface area contributed by atoms with Gasteiger partial charge in [-0.25, -0.2) is 0 Å². The van der Waals surface area contributed by atoms with E-state index in [9.17, 15) is 31.5 Å². The molecule has 0 aromatic heterocycles. The highest BCUT2D eigenvalue weighted by Crippen LogP contribution is 2.37. The Balaban J connectivity index is 1.62. The minimum Gasteiger partial charge on any atom is -0.628 e. The van der Waals surface area contributed by atoms with Crippen LogP contribution in [0.3, 0.4) is 0 Å². The minimum absolute atomic E-state index is 0.0888. The fourth-order valence-corrected chi connectivity index (χ4v) is 5.44. The van der Waals surface area contributed by atoms with Gasteiger partial charge in [0.25, 0.3) is 0 Å². The normalized spacial score (nSPS) is 25.0. The summed E-state index contributed by atoms with van der Waals surface area (Å²) in [5, 5.41) is 20.2. The monoisotopic (exact) mass is 613 g/mol. The van der Waals surface area contributed by atoms with E-state index in [-0.39, 0.29) is 29.8 Å². The summed E-state index contributed by atoms with van der Waals surface area (Å²) in [4.78, 5) is 3.91. The Kier molecular flexibility index (Phi) is 8.95. The summed E-state index contributed by atoms with van der Waals surface area (Å²) in [6.07, 6.45) is -9.39. The Bertz CT molecular complexity index is 1320. The van der Waals surface area contributed by atoms with Crippen LogP contribution in [0, 0.1) is 5.21 Å². The Morgan fingerprint density at radius 2 is 1.60 bits per heavy atom. The number of hydrogen-bond donors (Lipinski definition) is 3. The van der Waals surface area contributed by atoms with E-state index in [1.54, 1.807) is 18.2 Å². The van der Waals surface area contributed by atoms with Gasteiger partial charge >= 0.3 is 12.4 Å². The number of anilines is 1. The maximum absolute atomic E-state index is 14.5. The minimum atomic E-state index is -5.01. The van der Waals surface area contributed by atoms with Crippen molar-refractivity contribution >= 4 is 11.4 Å². The van der Waals surface area contributed by atoms with Gasteiger partial charge in [0.15, 0.2) is 12.1 Å². The van der Waals surface area contributed by atoms with Crippen LogP contribution in [0.15, 0.2) is 60.0 Å². The zero-order valence-corrected chi connectivity index (χ0v) is 23.6. The number of halogens is 6. The summed E-state index contributed by atoms with van der Waals surface area (Å²) >= 11 is 0. The Morgan fingerprint density at radius 3 is 2.19 bits per heavy atom. The van der Waals surface area contributed by atoms with Crippen molar-refractivity contribution in [3.8, 4) is 0 Å². The number of nitrogens with zero attached hydrogens (tertiary/aromatic N) is 2. The first-order chi connectivity index (χ1) is 20.3. The van der Waals surface area contributed by atoms with Crippen molar-refractivity contribution in [3.63, 3.8) is 0 Å². The molecule has 0 aliphatic carbocycles. The lowest BCUT2D eigenvalue weighted by Crippen LogP contribution is -3.09. The predicted octanol–water partition coefficient (Wildman–Crippen LogP) is 3.18. The number of ether oxygens (including phenoxy) is 2. The largest absolute Gasteiger partial charge is 0.628 e. The molecular formula is C29H33F6N5O3. The number of rotatable bonds is 5. The van der Waals surface area contributed by atoms with E-state index in [0.717, 1.165) is 5.69 Å². The van der Waals surface area contributed by atoms with Crippen molar-refractivity contribution in [1.82, 2.24) is 15.5 Å². The van der Waals surface area contributed by atoms with E-state index in [2.05, 4.69) is 10.6 Å². The van der Waals surface area contributed by atoms with Crippen LogP contribution in [0.2, 0.25) is 0 Å². The second kappa shape index (κ2) is 12.4. The van der Waals surface area contributed by atoms with Crippen LogP contribution < -0.4 is 20.6 Å². The third-order valence-corrected chi connectivity index (χ3v) is 7.72. The van der Waals surface area contributed by atoms with Gasteiger partial charge in [-0.1, -0.05) is 0 Å². The lowest BCUT2D eigenvalue weighted by Gasteiger charge is -2.42. The molecule has 1 saturated heterocycles. The highest BCUT2D eigenvalue weighted by atomic mass is 19.4. The van der Waals surface area contributed by atoms with Crippen molar-refractivity contribution in [1.29, 1.82) is 0 Å². The van der Waals surface area contributed by atoms with E-state index in [1.165, 1.54) is 0 Å². The second-order valence-corrected chi connectivity index (χ2v) is 10.8. The van der Waals surface area contributed by atoms with Gasteiger partial charge < -0.3 is 30.0 Å². The molecule has 8 nitrogen and oxygen atoms in total. The van der Waals surface area contributed by atoms with Crippen LogP contribution in [0.25, 0.3) is 5.70 Å². The van der Waals surface area contributed by atoms with Crippen LogP contribution in [0.1, 0.15) is 22.3 Å². The smallest absolute Gasteiger partial charge is 0.416 e. The first kappa shape index (κ1) is 31.1. The van der Waals surface area contributed by atoms with E-state index in [1.807, 2.05) is 36.0 Å². The molecule has 3 aliphatic rings. The van der Waals surface area contributed by atoms with Gasteiger partial charge in [-0.05, 0) is 48.0 Å². The predicted molar refractivity (Wildman–Crippen MR) is 147 cm³/mol. The van der Waals surface area contributed by atoms with Crippen LogP contribution in [-0.2, 0) is 28.2 Å². The highest BCUT2D eigenvalue weighted by Gasteiger charge is 2.39. The molecule has 0 radical (unpaired) electrons. The van der Waals surface area contributed by atoms with Gasteiger partial charge in [-0.2, -0.15) is 26.3 Å². The fourth-order valence-electron chi connectivity index (χ4n) is 5.44. The Labute approximate surface area is 245 Å². The third-order valence-electron chi connectivity index (χ3n) is 7.72. The first-order valence-corrected chi connectivity index (χ1v) is 13.8. The summed E-state index contributed by atoms with van der Waals surface area (Å²) < 4.78 is 93.9. The number of nitrogens with one attached hydrogen (secondary N) is 3. The Hall–Kier alpha value is -3.30. The molecule has 2 aromatic carbocycles. The molecular weight excluding hydrogens is 580 g/mol. The molecule has 0 amide bonds. The van der Waals surface area contributed by atoms with E-state index in [0.29, 0.717) is 56.2 Å². The second-order valence-electron chi connectivity index (χ2n) is 10.8. The molecule has 0 saturated carbocycles. The van der Waals surface area contributed by atoms with Gasteiger partial charge in [0, 0.05) is 57.5 Å². The number of quaternary nitrogens is 1. The summed E-state index contributed by atoms with van der Waals surface area (Å²) in [5.74, 6) is 0.287. The lowest BCUT2D eigenvalue weighted by molar-refractivity contribution is -0.793. The summed E-state index contributed by atoms with van der Waals surface area (Å²) in [6, 6.07) is 7.54. The molecule has 1 fully saturated rings. The quantitative estimate of drug-likeness (QED) is 0.354. The number of benzene rings is 2. The van der Waals surface area contributed by atoms with Gasteiger partial charge in [0.05, 0.1) is 36.6 Å². The standard InChI is InChI=1S/C29H33F6N5O3/c1-38(2)22-5-3-19(4-6-22)24-15-26(39-7-9-42-10-8-39)43-27-23(16-36-17-37-27)25(40(24)41)13-18-11-20(28(30,31)32)14-21(12-18)29(33,34)35/h3-6,11-12,14-15,25-26,36-37,40H,7-10,13,16-17H2,1-2H3/b24-15-. The van der Waals surface area contributed by atoms with Crippen molar-refractivity contribution in [2.75, 3.05) is 58.5 Å². The van der Waals surface area contributed by atoms with Crippen LogP contribution in [0.5, 0.6) is 0 Å².